The molecule has 1 rings (SSSR count). The minimum atomic E-state index is -4.24. The minimum absolute atomic E-state index is 0.0469. The van der Waals surface area contributed by atoms with Crippen molar-refractivity contribution in [2.45, 2.75) is 31.6 Å². The summed E-state index contributed by atoms with van der Waals surface area (Å²) in [6, 6.07) is 2.92. The Morgan fingerprint density at radius 3 is 2.65 bits per heavy atom. The zero-order chi connectivity index (χ0) is 15.3. The predicted molar refractivity (Wildman–Crippen MR) is 73.8 cm³/mol. The normalized spacial score (nSPS) is 13.0. The van der Waals surface area contributed by atoms with Gasteiger partial charge in [-0.1, -0.05) is 20.3 Å². The molecular formula is C13H16ClFO4S. The third-order valence-corrected chi connectivity index (χ3v) is 4.05. The fraction of sp³-hybridized carbons (Fsp3) is 0.462. The van der Waals surface area contributed by atoms with Gasteiger partial charge in [0.2, 0.25) is 0 Å². The topological polar surface area (TPSA) is 60.4 Å². The number of ether oxygens (including phenoxy) is 1. The van der Waals surface area contributed by atoms with E-state index < -0.39 is 25.7 Å². The molecule has 20 heavy (non-hydrogen) atoms. The second-order valence-corrected chi connectivity index (χ2v) is 7.11. The molecule has 1 aromatic rings. The van der Waals surface area contributed by atoms with E-state index in [4.69, 9.17) is 15.4 Å². The van der Waals surface area contributed by atoms with Crippen molar-refractivity contribution in [1.82, 2.24) is 0 Å². The Labute approximate surface area is 122 Å². The summed E-state index contributed by atoms with van der Waals surface area (Å²) in [4.78, 5) is 11.0. The Bertz CT molecular complexity index is 586. The van der Waals surface area contributed by atoms with Crippen LogP contribution in [-0.2, 0) is 13.8 Å². The van der Waals surface area contributed by atoms with Gasteiger partial charge in [0, 0.05) is 10.7 Å². The van der Waals surface area contributed by atoms with Crippen LogP contribution in [0.5, 0.6) is 0 Å². The molecule has 0 aliphatic carbocycles. The van der Waals surface area contributed by atoms with Gasteiger partial charge >= 0.3 is 5.97 Å². The van der Waals surface area contributed by atoms with Gasteiger partial charge in [-0.15, -0.1) is 0 Å². The molecule has 0 fully saturated rings. The lowest BCUT2D eigenvalue weighted by molar-refractivity contribution is 0.0443. The SMILES string of the molecule is CCCC(C)COC(=O)c1ccc(F)c(S(=O)(=O)Cl)c1. The summed E-state index contributed by atoms with van der Waals surface area (Å²) in [7, 11) is 0.849. The second kappa shape index (κ2) is 7.04. The van der Waals surface area contributed by atoms with Crippen LogP contribution in [0.1, 0.15) is 37.0 Å². The van der Waals surface area contributed by atoms with Crippen LogP contribution < -0.4 is 0 Å². The van der Waals surface area contributed by atoms with Crippen molar-refractivity contribution in [2.24, 2.45) is 5.92 Å². The lowest BCUT2D eigenvalue weighted by Gasteiger charge is -2.11. The maximum absolute atomic E-state index is 13.3. The molecule has 0 amide bonds. The summed E-state index contributed by atoms with van der Waals surface area (Å²) in [6.07, 6.45) is 1.89. The first kappa shape index (κ1) is 16.9. The van der Waals surface area contributed by atoms with Gasteiger partial charge in [0.15, 0.2) is 0 Å². The Kier molecular flexibility index (Phi) is 5.95. The van der Waals surface area contributed by atoms with Gasteiger partial charge in [-0.2, -0.15) is 0 Å². The number of hydrogen-bond donors (Lipinski definition) is 0. The average Bonchev–Trinajstić information content (AvgIpc) is 2.35. The second-order valence-electron chi connectivity index (χ2n) is 4.58. The highest BCUT2D eigenvalue weighted by atomic mass is 35.7. The standard InChI is InChI=1S/C13H16ClFO4S/c1-3-4-9(2)8-19-13(16)10-5-6-11(15)12(7-10)20(14,17)18/h5-7,9H,3-4,8H2,1-2H3. The van der Waals surface area contributed by atoms with Crippen LogP contribution in [0.3, 0.4) is 0 Å². The number of rotatable bonds is 6. The highest BCUT2D eigenvalue weighted by molar-refractivity contribution is 8.13. The summed E-state index contributed by atoms with van der Waals surface area (Å²) < 4.78 is 40.7. The van der Waals surface area contributed by atoms with E-state index in [0.717, 1.165) is 31.0 Å². The molecule has 0 aliphatic rings. The van der Waals surface area contributed by atoms with E-state index in [9.17, 15) is 17.6 Å². The van der Waals surface area contributed by atoms with Crippen LogP contribution in [0.15, 0.2) is 23.1 Å². The number of benzene rings is 1. The van der Waals surface area contributed by atoms with Crippen LogP contribution in [0.2, 0.25) is 0 Å². The van der Waals surface area contributed by atoms with Crippen LogP contribution >= 0.6 is 10.7 Å². The molecule has 0 aliphatic heterocycles. The van der Waals surface area contributed by atoms with Gasteiger partial charge < -0.3 is 4.74 Å². The molecule has 0 bridgehead atoms. The van der Waals surface area contributed by atoms with Crippen molar-refractivity contribution < 1.29 is 22.3 Å². The Morgan fingerprint density at radius 1 is 1.45 bits per heavy atom. The summed E-state index contributed by atoms with van der Waals surface area (Å²) in [6.45, 7) is 4.19. The van der Waals surface area contributed by atoms with E-state index in [1.165, 1.54) is 0 Å². The molecule has 0 N–H and O–H groups in total. The first-order chi connectivity index (χ1) is 9.25. The predicted octanol–water partition coefficient (Wildman–Crippen LogP) is 3.35. The van der Waals surface area contributed by atoms with Crippen LogP contribution in [-0.4, -0.2) is 21.0 Å². The monoisotopic (exact) mass is 322 g/mol. The molecule has 0 spiro atoms. The molecule has 0 saturated heterocycles. The smallest absolute Gasteiger partial charge is 0.338 e. The molecule has 0 radical (unpaired) electrons. The molecule has 1 unspecified atom stereocenters. The first-order valence-corrected chi connectivity index (χ1v) is 8.48. The quantitative estimate of drug-likeness (QED) is 0.595. The fourth-order valence-corrected chi connectivity index (χ4v) is 2.62. The highest BCUT2D eigenvalue weighted by Gasteiger charge is 2.19. The third-order valence-electron chi connectivity index (χ3n) is 2.71. The Balaban J connectivity index is 2.85. The van der Waals surface area contributed by atoms with E-state index in [-0.39, 0.29) is 18.1 Å². The average molecular weight is 323 g/mol. The van der Waals surface area contributed by atoms with Gasteiger partial charge in [-0.25, -0.2) is 17.6 Å². The van der Waals surface area contributed by atoms with Crippen molar-refractivity contribution in [3.63, 3.8) is 0 Å². The summed E-state index contributed by atoms with van der Waals surface area (Å²) >= 11 is 0. The number of hydrogen-bond acceptors (Lipinski definition) is 4. The zero-order valence-corrected chi connectivity index (χ0v) is 12.8. The zero-order valence-electron chi connectivity index (χ0n) is 11.2. The van der Waals surface area contributed by atoms with Gasteiger partial charge in [-0.05, 0) is 30.5 Å². The molecule has 112 valence electrons. The summed E-state index contributed by atoms with van der Waals surface area (Å²) in [5.41, 5.74) is -0.0469. The summed E-state index contributed by atoms with van der Waals surface area (Å²) in [5, 5.41) is 0. The van der Waals surface area contributed by atoms with Crippen molar-refractivity contribution in [3.05, 3.63) is 29.6 Å². The van der Waals surface area contributed by atoms with Crippen LogP contribution in [0.25, 0.3) is 0 Å². The molecule has 0 aromatic heterocycles. The number of esters is 1. The van der Waals surface area contributed by atoms with E-state index in [1.807, 2.05) is 13.8 Å². The lowest BCUT2D eigenvalue weighted by atomic mass is 10.1. The summed E-state index contributed by atoms with van der Waals surface area (Å²) in [5.74, 6) is -1.49. The Hall–Kier alpha value is -1.14. The van der Waals surface area contributed by atoms with Crippen LogP contribution in [0, 0.1) is 11.7 Å². The van der Waals surface area contributed by atoms with Crippen molar-refractivity contribution >= 4 is 25.7 Å². The maximum atomic E-state index is 13.3. The third kappa shape index (κ3) is 4.76. The van der Waals surface area contributed by atoms with Gasteiger partial charge in [0.1, 0.15) is 10.7 Å². The van der Waals surface area contributed by atoms with Gasteiger partial charge in [0.25, 0.3) is 9.05 Å². The van der Waals surface area contributed by atoms with Gasteiger partial charge in [0.05, 0.1) is 12.2 Å². The molecule has 7 heteroatoms. The molecule has 1 aromatic carbocycles. The van der Waals surface area contributed by atoms with E-state index in [1.54, 1.807) is 0 Å². The van der Waals surface area contributed by atoms with Crippen LogP contribution in [0.4, 0.5) is 4.39 Å². The highest BCUT2D eigenvalue weighted by Crippen LogP contribution is 2.21. The molecule has 0 saturated carbocycles. The van der Waals surface area contributed by atoms with E-state index >= 15 is 0 Å². The lowest BCUT2D eigenvalue weighted by Crippen LogP contribution is -2.12. The number of halogens is 2. The molecular weight excluding hydrogens is 307 g/mol. The van der Waals surface area contributed by atoms with E-state index in [2.05, 4.69) is 0 Å². The van der Waals surface area contributed by atoms with Crippen molar-refractivity contribution in [3.8, 4) is 0 Å². The maximum Gasteiger partial charge on any atom is 0.338 e. The molecule has 0 heterocycles. The van der Waals surface area contributed by atoms with E-state index in [0.29, 0.717) is 0 Å². The minimum Gasteiger partial charge on any atom is -0.462 e. The molecule has 4 nitrogen and oxygen atoms in total. The first-order valence-electron chi connectivity index (χ1n) is 6.17. The number of carbonyl (C=O) groups is 1. The number of carbonyl (C=O) groups excluding carboxylic acids is 1. The molecule has 1 atom stereocenters. The van der Waals surface area contributed by atoms with Gasteiger partial charge in [-0.3, -0.25) is 0 Å². The van der Waals surface area contributed by atoms with Crippen molar-refractivity contribution in [1.29, 1.82) is 0 Å². The Morgan fingerprint density at radius 2 is 2.10 bits per heavy atom. The largest absolute Gasteiger partial charge is 0.462 e. The fourth-order valence-electron chi connectivity index (χ4n) is 1.69. The van der Waals surface area contributed by atoms with Crippen molar-refractivity contribution in [2.75, 3.05) is 6.61 Å².